The van der Waals surface area contributed by atoms with Crippen molar-refractivity contribution in [2.24, 2.45) is 5.92 Å². The van der Waals surface area contributed by atoms with Crippen LogP contribution < -0.4 is 0 Å². The summed E-state index contributed by atoms with van der Waals surface area (Å²) in [4.78, 5) is 0. The molecule has 2 aromatic rings. The molecule has 0 spiro atoms. The number of aromatic nitrogens is 4. The molecular weight excluding hydrogens is 288 g/mol. The number of tetrazole rings is 1. The lowest BCUT2D eigenvalue weighted by Gasteiger charge is -2.11. The zero-order chi connectivity index (χ0) is 15.3. The van der Waals surface area contributed by atoms with Gasteiger partial charge in [-0.1, -0.05) is 50.0 Å². The molecule has 1 heterocycles. The molecule has 0 bridgehead atoms. The Labute approximate surface area is 125 Å². The molecule has 1 atom stereocenters. The van der Waals surface area contributed by atoms with Crippen LogP contribution in [0.25, 0.3) is 5.69 Å². The summed E-state index contributed by atoms with van der Waals surface area (Å²) >= 11 is 0. The van der Waals surface area contributed by atoms with E-state index in [1.165, 1.54) is 4.68 Å². The van der Waals surface area contributed by atoms with Crippen LogP contribution in [-0.2, 0) is 9.84 Å². The fourth-order valence-corrected chi connectivity index (χ4v) is 3.82. The lowest BCUT2D eigenvalue weighted by Crippen LogP contribution is -2.18. The molecule has 0 saturated heterocycles. The predicted molar refractivity (Wildman–Crippen MR) is 79.9 cm³/mol. The third kappa shape index (κ3) is 3.87. The highest BCUT2D eigenvalue weighted by molar-refractivity contribution is 7.91. The van der Waals surface area contributed by atoms with Gasteiger partial charge in [0.05, 0.1) is 11.4 Å². The van der Waals surface area contributed by atoms with Crippen molar-refractivity contribution >= 4 is 9.84 Å². The lowest BCUT2D eigenvalue weighted by atomic mass is 10.1. The maximum Gasteiger partial charge on any atom is 0.272 e. The smallest absolute Gasteiger partial charge is 0.220 e. The van der Waals surface area contributed by atoms with Crippen molar-refractivity contribution < 1.29 is 8.42 Å². The minimum absolute atomic E-state index is 0.0696. The van der Waals surface area contributed by atoms with Gasteiger partial charge in [-0.2, -0.15) is 4.68 Å². The van der Waals surface area contributed by atoms with Crippen LogP contribution in [0.15, 0.2) is 35.5 Å². The average molecular weight is 308 g/mol. The number of para-hydroxylation sites is 1. The summed E-state index contributed by atoms with van der Waals surface area (Å²) in [7, 11) is -3.50. The molecule has 6 nitrogen and oxygen atoms in total. The molecule has 0 amide bonds. The number of nitrogens with zero attached hydrogens (tertiary/aromatic N) is 4. The molecule has 0 radical (unpaired) electrons. The van der Waals surface area contributed by atoms with Gasteiger partial charge in [-0.15, -0.1) is 0 Å². The Morgan fingerprint density at radius 1 is 1.24 bits per heavy atom. The Balaban J connectivity index is 2.24. The second-order valence-corrected chi connectivity index (χ2v) is 7.17. The van der Waals surface area contributed by atoms with Gasteiger partial charge in [0.25, 0.3) is 5.16 Å². The van der Waals surface area contributed by atoms with Crippen LogP contribution in [0.4, 0.5) is 0 Å². The van der Waals surface area contributed by atoms with Crippen molar-refractivity contribution in [3.63, 3.8) is 0 Å². The Bertz CT molecular complexity index is 667. The highest BCUT2D eigenvalue weighted by Gasteiger charge is 2.25. The normalized spacial score (nSPS) is 13.2. The summed E-state index contributed by atoms with van der Waals surface area (Å²) < 4.78 is 26.3. The van der Waals surface area contributed by atoms with Crippen molar-refractivity contribution in [3.8, 4) is 5.69 Å². The van der Waals surface area contributed by atoms with E-state index in [1.54, 1.807) is 12.1 Å². The molecule has 0 unspecified atom stereocenters. The number of hydrogen-bond acceptors (Lipinski definition) is 5. The summed E-state index contributed by atoms with van der Waals surface area (Å²) in [5.41, 5.74) is 0.641. The third-order valence-electron chi connectivity index (χ3n) is 3.27. The van der Waals surface area contributed by atoms with Gasteiger partial charge in [0, 0.05) is 0 Å². The Hall–Kier alpha value is -1.76. The van der Waals surface area contributed by atoms with Gasteiger partial charge in [0.15, 0.2) is 0 Å². The molecule has 21 heavy (non-hydrogen) atoms. The number of benzene rings is 1. The van der Waals surface area contributed by atoms with E-state index in [0.717, 1.165) is 19.3 Å². The first-order valence-corrected chi connectivity index (χ1v) is 8.76. The van der Waals surface area contributed by atoms with Gasteiger partial charge in [0.2, 0.25) is 9.84 Å². The first kappa shape index (κ1) is 15.6. The van der Waals surface area contributed by atoms with Crippen molar-refractivity contribution in [1.82, 2.24) is 20.2 Å². The predicted octanol–water partition coefficient (Wildman–Crippen LogP) is 2.26. The van der Waals surface area contributed by atoms with Crippen molar-refractivity contribution in [2.45, 2.75) is 38.3 Å². The van der Waals surface area contributed by atoms with E-state index < -0.39 is 9.84 Å². The summed E-state index contributed by atoms with van der Waals surface area (Å²) in [6.07, 6.45) is 2.98. The van der Waals surface area contributed by atoms with Crippen LogP contribution in [0.5, 0.6) is 0 Å². The fraction of sp³-hybridized carbons (Fsp3) is 0.500. The van der Waals surface area contributed by atoms with E-state index in [4.69, 9.17) is 0 Å². The molecule has 0 aliphatic carbocycles. The molecule has 1 aromatic heterocycles. The van der Waals surface area contributed by atoms with E-state index in [2.05, 4.69) is 22.4 Å². The number of rotatable bonds is 7. The first-order chi connectivity index (χ1) is 10.0. The lowest BCUT2D eigenvalue weighted by molar-refractivity contribution is 0.524. The van der Waals surface area contributed by atoms with Crippen LogP contribution >= 0.6 is 0 Å². The fourth-order valence-electron chi connectivity index (χ4n) is 2.19. The SMILES string of the molecule is CCCC[C@@H](C)CS(=O)(=O)c1nnnn1-c1ccccc1. The quantitative estimate of drug-likeness (QED) is 0.784. The van der Waals surface area contributed by atoms with E-state index in [1.807, 2.05) is 25.1 Å². The Morgan fingerprint density at radius 3 is 2.62 bits per heavy atom. The topological polar surface area (TPSA) is 77.7 Å². The largest absolute Gasteiger partial charge is 0.272 e. The van der Waals surface area contributed by atoms with Gasteiger partial charge in [-0.3, -0.25) is 0 Å². The van der Waals surface area contributed by atoms with Gasteiger partial charge in [-0.25, -0.2) is 8.42 Å². The Kier molecular flexibility index (Phi) is 5.06. The summed E-state index contributed by atoms with van der Waals surface area (Å²) in [5.74, 6) is 0.163. The summed E-state index contributed by atoms with van der Waals surface area (Å²) in [6, 6.07) is 9.04. The van der Waals surface area contributed by atoms with Crippen LogP contribution in [0.1, 0.15) is 33.1 Å². The van der Waals surface area contributed by atoms with Crippen LogP contribution in [0.2, 0.25) is 0 Å². The molecule has 7 heteroatoms. The maximum atomic E-state index is 12.5. The van der Waals surface area contributed by atoms with Crippen LogP contribution in [0, 0.1) is 5.92 Å². The summed E-state index contributed by atoms with van der Waals surface area (Å²) in [5, 5.41) is 10.9. The zero-order valence-corrected chi connectivity index (χ0v) is 13.1. The van der Waals surface area contributed by atoms with Crippen molar-refractivity contribution in [1.29, 1.82) is 0 Å². The molecule has 0 aliphatic heterocycles. The van der Waals surface area contributed by atoms with E-state index >= 15 is 0 Å². The Morgan fingerprint density at radius 2 is 1.95 bits per heavy atom. The van der Waals surface area contributed by atoms with E-state index in [9.17, 15) is 8.42 Å². The highest BCUT2D eigenvalue weighted by Crippen LogP contribution is 2.17. The molecule has 1 aromatic carbocycles. The molecule has 0 saturated carbocycles. The molecule has 0 fully saturated rings. The zero-order valence-electron chi connectivity index (χ0n) is 12.3. The highest BCUT2D eigenvalue weighted by atomic mass is 32.2. The number of unbranched alkanes of at least 4 members (excludes halogenated alkanes) is 1. The minimum atomic E-state index is -3.50. The van der Waals surface area contributed by atoms with Crippen LogP contribution in [0.3, 0.4) is 0 Å². The number of hydrogen-bond donors (Lipinski definition) is 0. The van der Waals surface area contributed by atoms with Crippen LogP contribution in [-0.4, -0.2) is 34.4 Å². The van der Waals surface area contributed by atoms with E-state index in [-0.39, 0.29) is 16.8 Å². The van der Waals surface area contributed by atoms with Crippen molar-refractivity contribution in [3.05, 3.63) is 30.3 Å². The van der Waals surface area contributed by atoms with Gasteiger partial charge in [-0.05, 0) is 34.9 Å². The molecule has 2 rings (SSSR count). The monoisotopic (exact) mass is 308 g/mol. The van der Waals surface area contributed by atoms with Gasteiger partial charge in [0.1, 0.15) is 0 Å². The second kappa shape index (κ2) is 6.80. The average Bonchev–Trinajstić information content (AvgIpc) is 2.96. The molecule has 0 N–H and O–H groups in total. The molecular formula is C14H20N4O2S. The third-order valence-corrected chi connectivity index (χ3v) is 5.09. The van der Waals surface area contributed by atoms with E-state index in [0.29, 0.717) is 5.69 Å². The summed E-state index contributed by atoms with van der Waals surface area (Å²) in [6.45, 7) is 4.04. The standard InChI is InChI=1S/C14H20N4O2S/c1-3-4-8-12(2)11-21(19,20)14-15-16-17-18(14)13-9-6-5-7-10-13/h5-7,9-10,12H,3-4,8,11H2,1-2H3/t12-/m1/s1. The number of sulfone groups is 1. The first-order valence-electron chi connectivity index (χ1n) is 7.11. The van der Waals surface area contributed by atoms with Gasteiger partial charge < -0.3 is 0 Å². The minimum Gasteiger partial charge on any atom is -0.220 e. The molecule has 114 valence electrons. The molecule has 0 aliphatic rings. The van der Waals surface area contributed by atoms with Crippen molar-refractivity contribution in [2.75, 3.05) is 5.75 Å². The second-order valence-electron chi connectivity index (χ2n) is 5.24. The maximum absolute atomic E-state index is 12.5. The van der Waals surface area contributed by atoms with Gasteiger partial charge >= 0.3 is 0 Å².